The summed E-state index contributed by atoms with van der Waals surface area (Å²) in [7, 11) is 0. The van der Waals surface area contributed by atoms with Crippen LogP contribution < -0.4 is 5.73 Å². The van der Waals surface area contributed by atoms with Crippen molar-refractivity contribution in [1.82, 2.24) is 4.90 Å². The fourth-order valence-corrected chi connectivity index (χ4v) is 1.82. The van der Waals surface area contributed by atoms with Gasteiger partial charge >= 0.3 is 0 Å². The Bertz CT molecular complexity index is 251. The quantitative estimate of drug-likeness (QED) is 0.728. The molecule has 1 aliphatic heterocycles. The monoisotopic (exact) mass is 230 g/mol. The zero-order valence-electron chi connectivity index (χ0n) is 8.89. The van der Waals surface area contributed by atoms with Crippen LogP contribution in [0, 0.1) is 5.92 Å². The first-order valence-electron chi connectivity index (χ1n) is 5.48. The normalized spacial score (nSPS) is 26.5. The zero-order chi connectivity index (χ0) is 9.97. The largest absolute Gasteiger partial charge is 0.338 e. The number of nitrogens with two attached hydrogens (primary N) is 1. The highest BCUT2D eigenvalue weighted by Gasteiger charge is 2.21. The van der Waals surface area contributed by atoms with Crippen LogP contribution in [0.5, 0.6) is 0 Å². The number of allylic oxidation sites excluding steroid dienone is 1. The summed E-state index contributed by atoms with van der Waals surface area (Å²) in [5.41, 5.74) is 5.81. The number of amides is 1. The Morgan fingerprint density at radius 1 is 1.33 bits per heavy atom. The Hall–Kier alpha value is -0.540. The predicted molar refractivity (Wildman–Crippen MR) is 62.9 cm³/mol. The highest BCUT2D eigenvalue weighted by Crippen LogP contribution is 2.30. The molecule has 0 unspecified atom stereocenters. The van der Waals surface area contributed by atoms with E-state index in [1.807, 2.05) is 11.0 Å². The van der Waals surface area contributed by atoms with Crippen molar-refractivity contribution in [2.24, 2.45) is 11.7 Å². The first-order valence-corrected chi connectivity index (χ1v) is 5.48. The highest BCUT2D eigenvalue weighted by molar-refractivity contribution is 5.87. The van der Waals surface area contributed by atoms with E-state index in [0.29, 0.717) is 5.92 Å². The van der Waals surface area contributed by atoms with Crippen LogP contribution in [0.1, 0.15) is 25.7 Å². The van der Waals surface area contributed by atoms with Gasteiger partial charge in [0.1, 0.15) is 0 Å². The van der Waals surface area contributed by atoms with Gasteiger partial charge in [0.2, 0.25) is 5.91 Å². The van der Waals surface area contributed by atoms with Crippen LogP contribution in [0.25, 0.3) is 0 Å². The standard InChI is InChI=1S/C11H18N2O.ClH/c12-10-2-1-7-13(8-10)11(14)6-5-9-3-4-9;/h5-6,9-10H,1-4,7-8,12H2;1H/b6-5+;/t10-;/m1./s1. The number of carbonyl (C=O) groups is 1. The lowest BCUT2D eigenvalue weighted by Crippen LogP contribution is -2.45. The average Bonchev–Trinajstić information content (AvgIpc) is 2.97. The van der Waals surface area contributed by atoms with Gasteiger partial charge in [-0.05, 0) is 37.7 Å². The van der Waals surface area contributed by atoms with Crippen LogP contribution >= 0.6 is 12.4 Å². The lowest BCUT2D eigenvalue weighted by molar-refractivity contribution is -0.127. The molecule has 86 valence electrons. The van der Waals surface area contributed by atoms with E-state index in [9.17, 15) is 4.79 Å². The maximum absolute atomic E-state index is 11.7. The molecule has 3 nitrogen and oxygen atoms in total. The number of halogens is 1. The van der Waals surface area contributed by atoms with E-state index in [1.165, 1.54) is 12.8 Å². The van der Waals surface area contributed by atoms with E-state index in [2.05, 4.69) is 0 Å². The van der Waals surface area contributed by atoms with Gasteiger partial charge in [-0.25, -0.2) is 0 Å². The van der Waals surface area contributed by atoms with Crippen molar-refractivity contribution < 1.29 is 4.79 Å². The molecule has 1 atom stereocenters. The van der Waals surface area contributed by atoms with Gasteiger partial charge in [-0.15, -0.1) is 12.4 Å². The average molecular weight is 231 g/mol. The molecule has 1 saturated carbocycles. The molecule has 0 spiro atoms. The molecule has 1 aliphatic carbocycles. The number of carbonyl (C=O) groups excluding carboxylic acids is 1. The third kappa shape index (κ3) is 3.84. The molecule has 15 heavy (non-hydrogen) atoms. The molecule has 0 radical (unpaired) electrons. The van der Waals surface area contributed by atoms with Crippen molar-refractivity contribution in [2.45, 2.75) is 31.7 Å². The smallest absolute Gasteiger partial charge is 0.246 e. The summed E-state index contributed by atoms with van der Waals surface area (Å²) < 4.78 is 0. The van der Waals surface area contributed by atoms with Crippen molar-refractivity contribution in [2.75, 3.05) is 13.1 Å². The summed E-state index contributed by atoms with van der Waals surface area (Å²) in [5, 5.41) is 0. The summed E-state index contributed by atoms with van der Waals surface area (Å²) >= 11 is 0. The second kappa shape index (κ2) is 5.52. The minimum absolute atomic E-state index is 0. The lowest BCUT2D eigenvalue weighted by Gasteiger charge is -2.29. The van der Waals surface area contributed by atoms with Crippen molar-refractivity contribution in [3.05, 3.63) is 12.2 Å². The zero-order valence-corrected chi connectivity index (χ0v) is 9.71. The van der Waals surface area contributed by atoms with Crippen molar-refractivity contribution >= 4 is 18.3 Å². The fraction of sp³-hybridized carbons (Fsp3) is 0.727. The molecule has 0 aromatic heterocycles. The van der Waals surface area contributed by atoms with Gasteiger partial charge in [0.25, 0.3) is 0 Å². The summed E-state index contributed by atoms with van der Waals surface area (Å²) in [4.78, 5) is 13.5. The minimum atomic E-state index is 0. The van der Waals surface area contributed by atoms with E-state index in [4.69, 9.17) is 5.73 Å². The van der Waals surface area contributed by atoms with Crippen molar-refractivity contribution in [3.63, 3.8) is 0 Å². The topological polar surface area (TPSA) is 46.3 Å². The minimum Gasteiger partial charge on any atom is -0.338 e. The van der Waals surface area contributed by atoms with Gasteiger partial charge in [-0.2, -0.15) is 0 Å². The molecule has 2 rings (SSSR count). The SMILES string of the molecule is Cl.N[C@@H]1CCCN(C(=O)/C=C/C2CC2)C1. The molecule has 1 amide bonds. The van der Waals surface area contributed by atoms with Gasteiger partial charge in [-0.1, -0.05) is 6.08 Å². The lowest BCUT2D eigenvalue weighted by atomic mass is 10.1. The molecule has 0 bridgehead atoms. The molecule has 2 aliphatic rings. The van der Waals surface area contributed by atoms with Crippen LogP contribution in [0.15, 0.2) is 12.2 Å². The summed E-state index contributed by atoms with van der Waals surface area (Å²) in [6.07, 6.45) is 8.38. The van der Waals surface area contributed by atoms with Gasteiger partial charge in [0.05, 0.1) is 0 Å². The number of hydrogen-bond donors (Lipinski definition) is 1. The van der Waals surface area contributed by atoms with Crippen LogP contribution in [0.2, 0.25) is 0 Å². The fourth-order valence-electron chi connectivity index (χ4n) is 1.82. The van der Waals surface area contributed by atoms with Crippen LogP contribution in [-0.2, 0) is 4.79 Å². The maximum Gasteiger partial charge on any atom is 0.246 e. The molecule has 0 aromatic rings. The Morgan fingerprint density at radius 2 is 2.07 bits per heavy atom. The molecule has 0 aromatic carbocycles. The highest BCUT2D eigenvalue weighted by atomic mass is 35.5. The number of rotatable bonds is 2. The van der Waals surface area contributed by atoms with E-state index < -0.39 is 0 Å². The second-order valence-electron chi connectivity index (χ2n) is 4.38. The van der Waals surface area contributed by atoms with Crippen molar-refractivity contribution in [3.8, 4) is 0 Å². The van der Waals surface area contributed by atoms with Crippen molar-refractivity contribution in [1.29, 1.82) is 0 Å². The molecule has 1 saturated heterocycles. The first kappa shape index (κ1) is 12.5. The second-order valence-corrected chi connectivity index (χ2v) is 4.38. The van der Waals surface area contributed by atoms with E-state index in [-0.39, 0.29) is 24.4 Å². The molecule has 2 N–H and O–H groups in total. The Kier molecular flexibility index (Phi) is 4.61. The van der Waals surface area contributed by atoms with Crippen LogP contribution in [0.3, 0.4) is 0 Å². The van der Waals surface area contributed by atoms with Crippen LogP contribution in [0.4, 0.5) is 0 Å². The third-order valence-electron chi connectivity index (χ3n) is 2.90. The number of piperidine rings is 1. The summed E-state index contributed by atoms with van der Waals surface area (Å²) in [6.45, 7) is 1.61. The molecule has 2 fully saturated rings. The van der Waals surface area contributed by atoms with E-state index in [1.54, 1.807) is 6.08 Å². The number of nitrogens with zero attached hydrogens (tertiary/aromatic N) is 1. The third-order valence-corrected chi connectivity index (χ3v) is 2.90. The van der Waals surface area contributed by atoms with Gasteiger partial charge in [-0.3, -0.25) is 4.79 Å². The molecular formula is C11H19ClN2O. The predicted octanol–water partition coefficient (Wildman–Crippen LogP) is 1.32. The number of likely N-dealkylation sites (tertiary alicyclic amines) is 1. The van der Waals surface area contributed by atoms with Gasteiger partial charge in [0.15, 0.2) is 0 Å². The van der Waals surface area contributed by atoms with Crippen LogP contribution in [-0.4, -0.2) is 29.9 Å². The summed E-state index contributed by atoms with van der Waals surface area (Å²) in [6, 6.07) is 0.182. The maximum atomic E-state index is 11.7. The Labute approximate surface area is 97.1 Å². The first-order chi connectivity index (χ1) is 6.75. The van der Waals surface area contributed by atoms with E-state index in [0.717, 1.165) is 25.9 Å². The molecular weight excluding hydrogens is 212 g/mol. The van der Waals surface area contributed by atoms with Gasteiger partial charge in [0, 0.05) is 19.1 Å². The molecule has 1 heterocycles. The Morgan fingerprint density at radius 3 is 2.67 bits per heavy atom. The van der Waals surface area contributed by atoms with E-state index >= 15 is 0 Å². The summed E-state index contributed by atoms with van der Waals surface area (Å²) in [5.74, 6) is 0.824. The van der Waals surface area contributed by atoms with Gasteiger partial charge < -0.3 is 10.6 Å². The number of hydrogen-bond acceptors (Lipinski definition) is 2. The molecule has 4 heteroatoms. The Balaban J connectivity index is 0.00000112.